The van der Waals surface area contributed by atoms with Crippen molar-refractivity contribution in [3.05, 3.63) is 96.1 Å². The SMILES string of the molecule is CCOC(=O)CN(Sc1ccc(OC)cc1)c1ccc(CCc2ccc(OC)cc2)c2ccccc12. The van der Waals surface area contributed by atoms with Gasteiger partial charge < -0.3 is 18.5 Å². The number of hydrogen-bond acceptors (Lipinski definition) is 6. The highest BCUT2D eigenvalue weighted by Crippen LogP contribution is 2.36. The van der Waals surface area contributed by atoms with Crippen LogP contribution in [0.4, 0.5) is 5.69 Å². The van der Waals surface area contributed by atoms with Gasteiger partial charge in [-0.1, -0.05) is 42.5 Å². The fourth-order valence-corrected chi connectivity index (χ4v) is 5.05. The van der Waals surface area contributed by atoms with Crippen molar-refractivity contribution >= 4 is 34.4 Å². The molecule has 0 fully saturated rings. The van der Waals surface area contributed by atoms with Gasteiger partial charge in [0.25, 0.3) is 0 Å². The van der Waals surface area contributed by atoms with E-state index < -0.39 is 0 Å². The first-order chi connectivity index (χ1) is 17.6. The molecule has 6 heteroatoms. The lowest BCUT2D eigenvalue weighted by Gasteiger charge is -2.25. The molecule has 0 heterocycles. The van der Waals surface area contributed by atoms with Gasteiger partial charge in [-0.15, -0.1) is 0 Å². The zero-order valence-corrected chi connectivity index (χ0v) is 21.7. The van der Waals surface area contributed by atoms with Crippen LogP contribution in [0.15, 0.2) is 89.8 Å². The summed E-state index contributed by atoms with van der Waals surface area (Å²) in [6, 6.07) is 28.7. The maximum absolute atomic E-state index is 12.5. The van der Waals surface area contributed by atoms with Crippen LogP contribution in [0.25, 0.3) is 10.8 Å². The molecular formula is C30H31NO4S. The number of aryl methyl sites for hydroxylation is 2. The fraction of sp³-hybridized carbons (Fsp3) is 0.233. The molecule has 4 aromatic rings. The van der Waals surface area contributed by atoms with Gasteiger partial charge in [-0.3, -0.25) is 4.79 Å². The number of carbonyl (C=O) groups excluding carboxylic acids is 1. The Labute approximate surface area is 217 Å². The second kappa shape index (κ2) is 12.4. The molecule has 0 amide bonds. The first-order valence-electron chi connectivity index (χ1n) is 12.0. The summed E-state index contributed by atoms with van der Waals surface area (Å²) in [7, 11) is 3.33. The van der Waals surface area contributed by atoms with Crippen LogP contribution >= 0.6 is 11.9 Å². The lowest BCUT2D eigenvalue weighted by atomic mass is 9.97. The minimum Gasteiger partial charge on any atom is -0.497 e. The Morgan fingerprint density at radius 1 is 0.778 bits per heavy atom. The smallest absolute Gasteiger partial charge is 0.326 e. The molecule has 0 aliphatic heterocycles. The van der Waals surface area contributed by atoms with E-state index in [1.54, 1.807) is 14.2 Å². The number of rotatable bonds is 11. The van der Waals surface area contributed by atoms with Gasteiger partial charge in [-0.05, 0) is 90.7 Å². The van der Waals surface area contributed by atoms with E-state index >= 15 is 0 Å². The average Bonchev–Trinajstić information content (AvgIpc) is 2.92. The number of nitrogens with zero attached hydrogens (tertiary/aromatic N) is 1. The van der Waals surface area contributed by atoms with Gasteiger partial charge in [0.05, 0.1) is 26.5 Å². The van der Waals surface area contributed by atoms with Crippen molar-refractivity contribution < 1.29 is 19.0 Å². The van der Waals surface area contributed by atoms with E-state index in [1.807, 2.05) is 53.7 Å². The first-order valence-corrected chi connectivity index (χ1v) is 12.8. The summed E-state index contributed by atoms with van der Waals surface area (Å²) >= 11 is 1.51. The molecular weight excluding hydrogens is 470 g/mol. The summed E-state index contributed by atoms with van der Waals surface area (Å²) in [5, 5.41) is 2.29. The predicted molar refractivity (Wildman–Crippen MR) is 147 cm³/mol. The summed E-state index contributed by atoms with van der Waals surface area (Å²) in [5.74, 6) is 1.40. The molecule has 0 radical (unpaired) electrons. The van der Waals surface area contributed by atoms with Crippen molar-refractivity contribution in [2.24, 2.45) is 0 Å². The monoisotopic (exact) mass is 501 g/mol. The second-order valence-electron chi connectivity index (χ2n) is 8.25. The summed E-state index contributed by atoms with van der Waals surface area (Å²) in [6.07, 6.45) is 1.84. The molecule has 0 saturated carbocycles. The van der Waals surface area contributed by atoms with Gasteiger partial charge in [0.1, 0.15) is 18.0 Å². The van der Waals surface area contributed by atoms with Crippen LogP contribution in [0.1, 0.15) is 18.1 Å². The Morgan fingerprint density at radius 2 is 1.42 bits per heavy atom. The minimum atomic E-state index is -0.258. The van der Waals surface area contributed by atoms with Crippen molar-refractivity contribution in [1.29, 1.82) is 0 Å². The van der Waals surface area contributed by atoms with Crippen molar-refractivity contribution in [1.82, 2.24) is 0 Å². The average molecular weight is 502 g/mol. The number of benzene rings is 4. The number of methoxy groups -OCH3 is 2. The maximum atomic E-state index is 12.5. The Kier molecular flexibility index (Phi) is 8.74. The van der Waals surface area contributed by atoms with Crippen LogP contribution in [-0.2, 0) is 22.4 Å². The number of carbonyl (C=O) groups is 1. The van der Waals surface area contributed by atoms with Crippen LogP contribution in [-0.4, -0.2) is 33.3 Å². The van der Waals surface area contributed by atoms with Gasteiger partial charge >= 0.3 is 5.97 Å². The van der Waals surface area contributed by atoms with Crippen LogP contribution in [0.2, 0.25) is 0 Å². The minimum absolute atomic E-state index is 0.139. The van der Waals surface area contributed by atoms with E-state index in [1.165, 1.54) is 28.5 Å². The van der Waals surface area contributed by atoms with Crippen LogP contribution in [0.3, 0.4) is 0 Å². The van der Waals surface area contributed by atoms with Gasteiger partial charge in [-0.25, -0.2) is 0 Å². The molecule has 0 aliphatic rings. The number of ether oxygens (including phenoxy) is 3. The lowest BCUT2D eigenvalue weighted by Crippen LogP contribution is -2.25. The van der Waals surface area contributed by atoms with E-state index in [9.17, 15) is 4.79 Å². The Hall–Kier alpha value is -3.64. The van der Waals surface area contributed by atoms with Crippen molar-refractivity contribution in [3.8, 4) is 11.5 Å². The highest BCUT2D eigenvalue weighted by Gasteiger charge is 2.18. The van der Waals surface area contributed by atoms with Crippen LogP contribution in [0, 0.1) is 0 Å². The number of esters is 1. The van der Waals surface area contributed by atoms with Gasteiger partial charge in [0, 0.05) is 10.3 Å². The van der Waals surface area contributed by atoms with Crippen molar-refractivity contribution in [2.45, 2.75) is 24.7 Å². The number of anilines is 1. The van der Waals surface area contributed by atoms with E-state index in [2.05, 4.69) is 42.5 Å². The normalized spacial score (nSPS) is 10.8. The Bertz CT molecular complexity index is 1290. The summed E-state index contributed by atoms with van der Waals surface area (Å²) < 4.78 is 17.9. The third-order valence-corrected chi connectivity index (χ3v) is 6.98. The number of hydrogen-bond donors (Lipinski definition) is 0. The Morgan fingerprint density at radius 3 is 2.06 bits per heavy atom. The molecule has 186 valence electrons. The number of fused-ring (bicyclic) bond motifs is 1. The molecule has 0 unspecified atom stereocenters. The van der Waals surface area contributed by atoms with E-state index in [4.69, 9.17) is 14.2 Å². The summed E-state index contributed by atoms with van der Waals surface area (Å²) in [5.41, 5.74) is 3.52. The second-order valence-corrected chi connectivity index (χ2v) is 9.34. The molecule has 0 aromatic heterocycles. The van der Waals surface area contributed by atoms with Crippen LogP contribution in [0.5, 0.6) is 11.5 Å². The van der Waals surface area contributed by atoms with E-state index in [0.29, 0.717) is 6.61 Å². The van der Waals surface area contributed by atoms with Crippen molar-refractivity contribution in [3.63, 3.8) is 0 Å². The largest absolute Gasteiger partial charge is 0.497 e. The summed E-state index contributed by atoms with van der Waals surface area (Å²) in [4.78, 5) is 13.5. The molecule has 0 spiro atoms. The van der Waals surface area contributed by atoms with Gasteiger partial charge in [0.2, 0.25) is 0 Å². The third kappa shape index (κ3) is 6.32. The van der Waals surface area contributed by atoms with E-state index in [0.717, 1.165) is 40.3 Å². The zero-order valence-electron chi connectivity index (χ0n) is 20.9. The molecule has 0 N–H and O–H groups in total. The van der Waals surface area contributed by atoms with Crippen molar-refractivity contribution in [2.75, 3.05) is 31.7 Å². The quantitative estimate of drug-likeness (QED) is 0.168. The topological polar surface area (TPSA) is 48.0 Å². The fourth-order valence-electron chi connectivity index (χ4n) is 4.11. The molecule has 4 aromatic carbocycles. The highest BCUT2D eigenvalue weighted by molar-refractivity contribution is 8.00. The van der Waals surface area contributed by atoms with Gasteiger partial charge in [-0.2, -0.15) is 0 Å². The zero-order chi connectivity index (χ0) is 25.3. The predicted octanol–water partition coefficient (Wildman–Crippen LogP) is 6.72. The maximum Gasteiger partial charge on any atom is 0.326 e. The van der Waals surface area contributed by atoms with Gasteiger partial charge in [0.15, 0.2) is 0 Å². The van der Waals surface area contributed by atoms with Crippen LogP contribution < -0.4 is 13.8 Å². The highest BCUT2D eigenvalue weighted by atomic mass is 32.2. The molecule has 0 atom stereocenters. The summed E-state index contributed by atoms with van der Waals surface area (Å²) in [6.45, 7) is 2.32. The molecule has 0 bridgehead atoms. The molecule has 36 heavy (non-hydrogen) atoms. The third-order valence-electron chi connectivity index (χ3n) is 5.96. The Balaban J connectivity index is 1.63. The molecule has 0 aliphatic carbocycles. The molecule has 4 rings (SSSR count). The first kappa shape index (κ1) is 25.5. The lowest BCUT2D eigenvalue weighted by molar-refractivity contribution is -0.141. The molecule has 0 saturated heterocycles. The van der Waals surface area contributed by atoms with E-state index in [-0.39, 0.29) is 12.5 Å². The standard InChI is InChI=1S/C30H31NO4S/c1-4-35-30(32)21-31(36-26-18-16-25(34-3)17-19-26)29-20-13-23(27-7-5-6-8-28(27)29)12-9-22-10-14-24(33-2)15-11-22/h5-8,10-11,13-20H,4,9,12,21H2,1-3H3. The molecule has 5 nitrogen and oxygen atoms in total.